The third kappa shape index (κ3) is 2.72. The number of pyridine rings is 1. The van der Waals surface area contributed by atoms with Crippen molar-refractivity contribution >= 4 is 17.3 Å². The largest absolute Gasteiger partial charge is 0.409 e. The van der Waals surface area contributed by atoms with Crippen LogP contribution in [0.15, 0.2) is 17.3 Å². The van der Waals surface area contributed by atoms with Gasteiger partial charge in [0.15, 0.2) is 11.5 Å². The predicted molar refractivity (Wildman–Crippen MR) is 69.5 cm³/mol. The summed E-state index contributed by atoms with van der Waals surface area (Å²) < 4.78 is 0. The molecule has 1 aliphatic rings. The lowest BCUT2D eigenvalue weighted by molar-refractivity contribution is -0.385. The van der Waals surface area contributed by atoms with E-state index in [1.54, 1.807) is 6.07 Å². The van der Waals surface area contributed by atoms with Crippen molar-refractivity contribution in [3.05, 3.63) is 27.9 Å². The highest BCUT2D eigenvalue weighted by molar-refractivity contribution is 5.99. The van der Waals surface area contributed by atoms with Gasteiger partial charge < -0.3 is 15.8 Å². The second-order valence-corrected chi connectivity index (χ2v) is 4.33. The fraction of sp³-hybridized carbons (Fsp3) is 0.455. The van der Waals surface area contributed by atoms with Gasteiger partial charge in [-0.1, -0.05) is 5.16 Å². The van der Waals surface area contributed by atoms with Crippen LogP contribution in [0.1, 0.15) is 25.0 Å². The summed E-state index contributed by atoms with van der Waals surface area (Å²) in [5, 5.41) is 22.4. The van der Waals surface area contributed by atoms with E-state index in [0.29, 0.717) is 5.82 Å². The lowest BCUT2D eigenvalue weighted by Crippen LogP contribution is -2.31. The molecule has 0 saturated carbocycles. The maximum absolute atomic E-state index is 10.9. The first kappa shape index (κ1) is 13.1. The van der Waals surface area contributed by atoms with E-state index in [0.717, 1.165) is 25.9 Å². The summed E-state index contributed by atoms with van der Waals surface area (Å²) in [6, 6.07) is 2.93. The van der Waals surface area contributed by atoms with Gasteiger partial charge in [-0.2, -0.15) is 0 Å². The molecule has 0 amide bonds. The molecule has 0 aliphatic carbocycles. The lowest BCUT2D eigenvalue weighted by Gasteiger charge is -2.27. The summed E-state index contributed by atoms with van der Waals surface area (Å²) in [6.45, 7) is 1.72. The first-order valence-electron chi connectivity index (χ1n) is 6.01. The molecule has 8 nitrogen and oxygen atoms in total. The molecule has 0 bridgehead atoms. The Morgan fingerprint density at radius 2 is 2.11 bits per heavy atom. The van der Waals surface area contributed by atoms with Gasteiger partial charge in [-0.05, 0) is 25.3 Å². The molecule has 19 heavy (non-hydrogen) atoms. The van der Waals surface area contributed by atoms with E-state index in [-0.39, 0.29) is 17.2 Å². The Morgan fingerprint density at radius 1 is 1.42 bits per heavy atom. The monoisotopic (exact) mass is 265 g/mol. The average molecular weight is 265 g/mol. The molecule has 2 heterocycles. The van der Waals surface area contributed by atoms with Crippen LogP contribution >= 0.6 is 0 Å². The zero-order chi connectivity index (χ0) is 13.8. The van der Waals surface area contributed by atoms with Gasteiger partial charge in [-0.3, -0.25) is 10.1 Å². The van der Waals surface area contributed by atoms with Crippen molar-refractivity contribution < 1.29 is 10.1 Å². The normalized spacial score (nSPS) is 16.4. The standard InChI is InChI=1S/C11H15N5O3/c12-11(14-17)10-8(16(18)19)4-5-9(13-10)15-6-2-1-3-7-15/h4-5,17H,1-3,6-7H2,(H2,12,14). The predicted octanol–water partition coefficient (Wildman–Crippen LogP) is 1.07. The molecule has 0 aromatic carbocycles. The number of anilines is 1. The van der Waals surface area contributed by atoms with Gasteiger partial charge in [-0.25, -0.2) is 4.98 Å². The SMILES string of the molecule is N/C(=N/O)c1nc(N2CCCCC2)ccc1[N+](=O)[O-]. The van der Waals surface area contributed by atoms with Crippen LogP contribution in [0.2, 0.25) is 0 Å². The molecule has 2 rings (SSSR count). The first-order chi connectivity index (χ1) is 9.13. The summed E-state index contributed by atoms with van der Waals surface area (Å²) in [7, 11) is 0. The number of oxime groups is 1. The van der Waals surface area contributed by atoms with Crippen molar-refractivity contribution in [3.63, 3.8) is 0 Å². The number of hydrogen-bond donors (Lipinski definition) is 2. The number of nitrogens with two attached hydrogens (primary N) is 1. The molecule has 1 aromatic heterocycles. The summed E-state index contributed by atoms with van der Waals surface area (Å²) in [6.07, 6.45) is 3.31. The Hall–Kier alpha value is -2.38. The highest BCUT2D eigenvalue weighted by atomic mass is 16.6. The molecule has 1 aliphatic heterocycles. The van der Waals surface area contributed by atoms with E-state index in [2.05, 4.69) is 10.1 Å². The topological polar surface area (TPSA) is 118 Å². The van der Waals surface area contributed by atoms with Gasteiger partial charge >= 0.3 is 0 Å². The minimum Gasteiger partial charge on any atom is -0.409 e. The number of aromatic nitrogens is 1. The van der Waals surface area contributed by atoms with Crippen molar-refractivity contribution in [2.24, 2.45) is 10.9 Å². The zero-order valence-corrected chi connectivity index (χ0v) is 10.3. The minimum atomic E-state index is -0.597. The Balaban J connectivity index is 2.40. The van der Waals surface area contributed by atoms with E-state index < -0.39 is 4.92 Å². The van der Waals surface area contributed by atoms with Crippen LogP contribution in [-0.4, -0.2) is 34.0 Å². The summed E-state index contributed by atoms with van der Waals surface area (Å²) in [5.41, 5.74) is 5.08. The van der Waals surface area contributed by atoms with E-state index in [1.165, 1.54) is 12.5 Å². The molecule has 1 saturated heterocycles. The highest BCUT2D eigenvalue weighted by Crippen LogP contribution is 2.23. The van der Waals surface area contributed by atoms with Crippen LogP contribution in [0.25, 0.3) is 0 Å². The number of piperidine rings is 1. The second-order valence-electron chi connectivity index (χ2n) is 4.33. The maximum atomic E-state index is 10.9. The summed E-state index contributed by atoms with van der Waals surface area (Å²) >= 11 is 0. The molecule has 102 valence electrons. The Bertz CT molecular complexity index is 511. The van der Waals surface area contributed by atoms with Crippen LogP contribution in [0.3, 0.4) is 0 Å². The molecule has 1 fully saturated rings. The van der Waals surface area contributed by atoms with Gasteiger partial charge in [0.25, 0.3) is 5.69 Å². The maximum Gasteiger partial charge on any atom is 0.298 e. The van der Waals surface area contributed by atoms with Gasteiger partial charge in [0, 0.05) is 19.2 Å². The first-order valence-corrected chi connectivity index (χ1v) is 6.01. The van der Waals surface area contributed by atoms with E-state index in [9.17, 15) is 10.1 Å². The Labute approximate surface area is 109 Å². The molecular formula is C11H15N5O3. The second kappa shape index (κ2) is 5.51. The van der Waals surface area contributed by atoms with Gasteiger partial charge in [0.05, 0.1) is 4.92 Å². The number of nitro groups is 1. The van der Waals surface area contributed by atoms with Gasteiger partial charge in [-0.15, -0.1) is 0 Å². The van der Waals surface area contributed by atoms with E-state index in [1.807, 2.05) is 4.90 Å². The molecule has 0 spiro atoms. The smallest absolute Gasteiger partial charge is 0.298 e. The van der Waals surface area contributed by atoms with Crippen LogP contribution in [0, 0.1) is 10.1 Å². The summed E-state index contributed by atoms with van der Waals surface area (Å²) in [5.74, 6) is 0.262. The molecule has 8 heteroatoms. The third-order valence-corrected chi connectivity index (χ3v) is 3.09. The lowest BCUT2D eigenvalue weighted by atomic mass is 10.1. The number of amidine groups is 1. The van der Waals surface area contributed by atoms with Gasteiger partial charge in [0.1, 0.15) is 5.82 Å². The molecule has 0 unspecified atom stereocenters. The molecule has 0 atom stereocenters. The van der Waals surface area contributed by atoms with Crippen molar-refractivity contribution in [1.29, 1.82) is 0 Å². The van der Waals surface area contributed by atoms with Crippen LogP contribution in [0.5, 0.6) is 0 Å². The fourth-order valence-corrected chi connectivity index (χ4v) is 2.12. The van der Waals surface area contributed by atoms with Gasteiger partial charge in [0.2, 0.25) is 0 Å². The third-order valence-electron chi connectivity index (χ3n) is 3.09. The fourth-order valence-electron chi connectivity index (χ4n) is 2.12. The quantitative estimate of drug-likeness (QED) is 0.277. The average Bonchev–Trinajstić information content (AvgIpc) is 2.46. The molecular weight excluding hydrogens is 250 g/mol. The van der Waals surface area contributed by atoms with Crippen molar-refractivity contribution in [3.8, 4) is 0 Å². The van der Waals surface area contributed by atoms with Crippen LogP contribution < -0.4 is 10.6 Å². The van der Waals surface area contributed by atoms with Crippen LogP contribution in [-0.2, 0) is 0 Å². The molecule has 3 N–H and O–H groups in total. The Kier molecular flexibility index (Phi) is 3.79. The van der Waals surface area contributed by atoms with E-state index in [4.69, 9.17) is 10.9 Å². The minimum absolute atomic E-state index is 0.101. The highest BCUT2D eigenvalue weighted by Gasteiger charge is 2.22. The van der Waals surface area contributed by atoms with Crippen molar-refractivity contribution in [2.75, 3.05) is 18.0 Å². The zero-order valence-electron chi connectivity index (χ0n) is 10.3. The van der Waals surface area contributed by atoms with Crippen LogP contribution in [0.4, 0.5) is 11.5 Å². The summed E-state index contributed by atoms with van der Waals surface area (Å²) in [4.78, 5) is 16.5. The number of hydrogen-bond acceptors (Lipinski definition) is 6. The van der Waals surface area contributed by atoms with E-state index >= 15 is 0 Å². The number of nitrogens with zero attached hydrogens (tertiary/aromatic N) is 4. The molecule has 1 aromatic rings. The molecule has 0 radical (unpaired) electrons. The van der Waals surface area contributed by atoms with Crippen molar-refractivity contribution in [2.45, 2.75) is 19.3 Å². The number of rotatable bonds is 3. The van der Waals surface area contributed by atoms with Crippen molar-refractivity contribution in [1.82, 2.24) is 4.98 Å². The Morgan fingerprint density at radius 3 is 2.68 bits per heavy atom.